The number of alkyl halides is 8. The largest absolute Gasteiger partial charge is 0.582 e. The molecule has 0 spiro atoms. The number of carbonyl (C=O) groups is 1. The van der Waals surface area contributed by atoms with Crippen molar-refractivity contribution in [1.82, 2.24) is 5.43 Å². The number of carbonyl (C=O) groups excluding carboxylic acids is 1. The summed E-state index contributed by atoms with van der Waals surface area (Å²) in [5.41, 5.74) is 1.89. The number of carboxylic acids is 1. The van der Waals surface area contributed by atoms with Crippen LogP contribution in [0, 0.1) is 0 Å². The van der Waals surface area contributed by atoms with Gasteiger partial charge in [-0.3, -0.25) is 0 Å². The fraction of sp³-hybridized carbons (Fsp3) is 0.500. The van der Waals surface area contributed by atoms with Crippen molar-refractivity contribution < 1.29 is 49.7 Å². The highest BCUT2D eigenvalue weighted by atomic mass is 19.4. The van der Waals surface area contributed by atoms with Gasteiger partial charge in [-0.25, -0.2) is 0 Å². The maximum Gasteiger partial charge on any atom is 0.582 e. The summed E-state index contributed by atoms with van der Waals surface area (Å²) < 4.78 is 91.5. The van der Waals surface area contributed by atoms with Crippen molar-refractivity contribution >= 4 is 12.2 Å². The number of aliphatic carboxylic acids is 1. The second-order valence-corrected chi connectivity index (χ2v) is 3.13. The first-order chi connectivity index (χ1) is 8.80. The summed E-state index contributed by atoms with van der Waals surface area (Å²) in [6, 6.07) is -4.88. The lowest BCUT2D eigenvalue weighted by molar-refractivity contribution is -0.748. The Morgan fingerprint density at radius 2 is 1.55 bits per heavy atom. The van der Waals surface area contributed by atoms with Crippen LogP contribution >= 0.6 is 0 Å². The van der Waals surface area contributed by atoms with E-state index in [0.717, 1.165) is 6.08 Å². The average Bonchev–Trinajstić information content (AvgIpc) is 2.28. The molecule has 1 heterocycles. The minimum Gasteiger partial charge on any atom is -0.542 e. The molecule has 0 aromatic heterocycles. The first-order valence-electron chi connectivity index (χ1n) is 4.55. The normalized spacial score (nSPS) is 15.7. The van der Waals surface area contributed by atoms with Gasteiger partial charge in [-0.15, -0.1) is 8.78 Å². The number of halogens is 8. The number of carboxylic acid groups (broad SMARTS) is 1. The van der Waals surface area contributed by atoms with E-state index in [9.17, 15) is 35.1 Å². The van der Waals surface area contributed by atoms with Crippen molar-refractivity contribution in [2.75, 3.05) is 6.54 Å². The summed E-state index contributed by atoms with van der Waals surface area (Å²) in [4.78, 5) is 8.78. The van der Waals surface area contributed by atoms with Crippen molar-refractivity contribution in [3.05, 3.63) is 12.2 Å². The third-order valence-corrected chi connectivity index (χ3v) is 1.63. The number of hydrazone groups is 1. The third kappa shape index (κ3) is 5.01. The molecule has 0 aliphatic carbocycles. The zero-order chi connectivity index (χ0) is 16.2. The van der Waals surface area contributed by atoms with Crippen molar-refractivity contribution in [2.45, 2.75) is 18.4 Å². The molecular formula is C8H6F8N2O2. The number of hydrogen-bond donors (Lipinski definition) is 1. The molecule has 0 atom stereocenters. The van der Waals surface area contributed by atoms with Gasteiger partial charge < -0.3 is 9.90 Å². The Bertz CT molecular complexity index is 410. The molecule has 4 nitrogen and oxygen atoms in total. The van der Waals surface area contributed by atoms with Crippen molar-refractivity contribution in [3.8, 4) is 0 Å². The fourth-order valence-corrected chi connectivity index (χ4v) is 0.748. The highest BCUT2D eigenvalue weighted by Gasteiger charge is 2.69. The minimum atomic E-state index is -5.58. The Balaban J connectivity index is 0.000000441. The van der Waals surface area contributed by atoms with Gasteiger partial charge in [-0.05, 0) is 4.68 Å². The second kappa shape index (κ2) is 6.05. The summed E-state index contributed by atoms with van der Waals surface area (Å²) in [5.74, 6) is -3.01. The summed E-state index contributed by atoms with van der Waals surface area (Å²) in [7, 11) is 0. The molecule has 1 aliphatic rings. The Kier molecular flexibility index (Phi) is 5.48. The molecule has 0 saturated heterocycles. The number of rotatable bonds is 1. The van der Waals surface area contributed by atoms with Gasteiger partial charge in [0.15, 0.2) is 6.21 Å². The molecule has 0 aromatic carbocycles. The van der Waals surface area contributed by atoms with Gasteiger partial charge in [-0.1, -0.05) is 6.08 Å². The number of allylic oxidation sites excluding steroid dienone is 1. The number of nitrogens with zero attached hydrogens (tertiary/aromatic N) is 1. The summed E-state index contributed by atoms with van der Waals surface area (Å²) in [5, 5.41) is 8.78. The molecule has 1 aliphatic heterocycles. The zero-order valence-corrected chi connectivity index (χ0v) is 9.23. The molecule has 1 rings (SSSR count). The van der Waals surface area contributed by atoms with E-state index in [2.05, 4.69) is 0 Å². The Labute approximate surface area is 106 Å². The van der Waals surface area contributed by atoms with E-state index in [4.69, 9.17) is 9.90 Å². The summed E-state index contributed by atoms with van der Waals surface area (Å²) in [6.07, 6.45) is -7.60. The highest BCUT2D eigenvalue weighted by Crippen LogP contribution is 2.35. The molecule has 0 aromatic rings. The quantitative estimate of drug-likeness (QED) is 0.438. The fourth-order valence-electron chi connectivity index (χ4n) is 0.748. The SMILES string of the molecule is FC(F)(F)C(F)(F)[N+]1=CC=CCN1.O=C([O-])C(F)(F)F. The monoisotopic (exact) mass is 314 g/mol. The van der Waals surface area contributed by atoms with Gasteiger partial charge in [-0.2, -0.15) is 31.8 Å². The minimum absolute atomic E-state index is 0.0534. The maximum absolute atomic E-state index is 12.5. The van der Waals surface area contributed by atoms with Crippen LogP contribution in [0.1, 0.15) is 0 Å². The van der Waals surface area contributed by atoms with E-state index in [1.165, 1.54) is 6.08 Å². The van der Waals surface area contributed by atoms with Crippen LogP contribution in [0.4, 0.5) is 35.1 Å². The van der Waals surface area contributed by atoms with Gasteiger partial charge in [0.2, 0.25) is 0 Å². The van der Waals surface area contributed by atoms with E-state index in [1.807, 2.05) is 5.43 Å². The van der Waals surface area contributed by atoms with Crippen LogP contribution in [-0.4, -0.2) is 41.8 Å². The first kappa shape index (κ1) is 18.1. The van der Waals surface area contributed by atoms with E-state index in [-0.39, 0.29) is 11.2 Å². The lowest BCUT2D eigenvalue weighted by Crippen LogP contribution is -2.53. The predicted molar refractivity (Wildman–Crippen MR) is 45.5 cm³/mol. The van der Waals surface area contributed by atoms with Crippen LogP contribution in [0.15, 0.2) is 12.2 Å². The Hall–Kier alpha value is -1.88. The lowest BCUT2D eigenvalue weighted by atomic mass is 10.4. The van der Waals surface area contributed by atoms with Crippen molar-refractivity contribution in [1.29, 1.82) is 0 Å². The molecule has 1 N–H and O–H groups in total. The lowest BCUT2D eigenvalue weighted by Gasteiger charge is -2.16. The molecule has 116 valence electrons. The summed E-state index contributed by atoms with van der Waals surface area (Å²) >= 11 is 0. The topological polar surface area (TPSA) is 55.2 Å². The van der Waals surface area contributed by atoms with Crippen LogP contribution in [0.5, 0.6) is 0 Å². The molecular weight excluding hydrogens is 308 g/mol. The second-order valence-electron chi connectivity index (χ2n) is 3.13. The molecule has 0 bridgehead atoms. The Morgan fingerprint density at radius 3 is 1.80 bits per heavy atom. The molecule has 0 radical (unpaired) electrons. The van der Waals surface area contributed by atoms with E-state index < -0.39 is 24.4 Å². The first-order valence-corrected chi connectivity index (χ1v) is 4.55. The standard InChI is InChI=1S/C6H6F5N2.C2HF3O2/c7-5(8,9)6(10,11)13-4-2-1-3-12-13;3-2(4,5)1(6)7/h1-2,4,12H,3H2;(H,6,7)/q+1;/p-1. The third-order valence-electron chi connectivity index (χ3n) is 1.63. The van der Waals surface area contributed by atoms with Crippen LogP contribution in [-0.2, 0) is 4.79 Å². The van der Waals surface area contributed by atoms with Gasteiger partial charge in [0.05, 0.1) is 6.54 Å². The predicted octanol–water partition coefficient (Wildman–Crippen LogP) is 0.598. The molecule has 12 heteroatoms. The van der Waals surface area contributed by atoms with Gasteiger partial charge >= 0.3 is 18.4 Å². The number of nitrogens with one attached hydrogen (secondary N) is 1. The van der Waals surface area contributed by atoms with E-state index >= 15 is 0 Å². The molecule has 0 amide bonds. The van der Waals surface area contributed by atoms with Crippen molar-refractivity contribution in [2.24, 2.45) is 0 Å². The van der Waals surface area contributed by atoms with Crippen LogP contribution < -0.4 is 10.5 Å². The maximum atomic E-state index is 12.5. The highest BCUT2D eigenvalue weighted by molar-refractivity contribution is 5.70. The van der Waals surface area contributed by atoms with Crippen molar-refractivity contribution in [3.63, 3.8) is 0 Å². The van der Waals surface area contributed by atoms with E-state index in [1.54, 1.807) is 0 Å². The van der Waals surface area contributed by atoms with Crippen LogP contribution in [0.25, 0.3) is 0 Å². The van der Waals surface area contributed by atoms with Gasteiger partial charge in [0.25, 0.3) is 0 Å². The number of hydrazine groups is 1. The van der Waals surface area contributed by atoms with Gasteiger partial charge in [0, 0.05) is 6.08 Å². The molecule has 0 fully saturated rings. The smallest absolute Gasteiger partial charge is 0.542 e. The molecule has 20 heavy (non-hydrogen) atoms. The molecule has 0 unspecified atom stereocenters. The molecule has 0 saturated carbocycles. The average molecular weight is 314 g/mol. The zero-order valence-electron chi connectivity index (χ0n) is 9.23. The van der Waals surface area contributed by atoms with Gasteiger partial charge in [0.1, 0.15) is 5.97 Å². The van der Waals surface area contributed by atoms with E-state index in [0.29, 0.717) is 6.21 Å². The number of hydrogen-bond acceptors (Lipinski definition) is 3. The van der Waals surface area contributed by atoms with Crippen LogP contribution in [0.3, 0.4) is 0 Å². The van der Waals surface area contributed by atoms with Crippen LogP contribution in [0.2, 0.25) is 0 Å². The Morgan fingerprint density at radius 1 is 1.10 bits per heavy atom. The summed E-state index contributed by atoms with van der Waals surface area (Å²) in [6.45, 7) is -0.0534.